The zero-order valence-corrected chi connectivity index (χ0v) is 18.5. The van der Waals surface area contributed by atoms with E-state index in [4.69, 9.17) is 0 Å². The zero-order chi connectivity index (χ0) is 21.9. The van der Waals surface area contributed by atoms with Gasteiger partial charge in [0.2, 0.25) is 0 Å². The number of aliphatic hydroxyl groups is 1. The van der Waals surface area contributed by atoms with Gasteiger partial charge in [-0.2, -0.15) is 0 Å². The summed E-state index contributed by atoms with van der Waals surface area (Å²) in [5, 5.41) is 14.8. The Balaban J connectivity index is 1.11. The van der Waals surface area contributed by atoms with Gasteiger partial charge in [0.05, 0.1) is 6.10 Å². The minimum atomic E-state index is -0.584. The molecular formula is C26H32N4O2. The average molecular weight is 433 g/mol. The molecule has 5 rings (SSSR count). The van der Waals surface area contributed by atoms with E-state index in [0.29, 0.717) is 12.5 Å². The molecule has 0 radical (unpaired) electrons. The molecule has 2 aromatic carbocycles. The lowest BCUT2D eigenvalue weighted by atomic mass is 9.91. The quantitative estimate of drug-likeness (QED) is 0.578. The summed E-state index contributed by atoms with van der Waals surface area (Å²) in [6.45, 7) is 4.08. The predicted molar refractivity (Wildman–Crippen MR) is 127 cm³/mol. The third kappa shape index (κ3) is 4.52. The number of hydrogen-bond acceptors (Lipinski definition) is 3. The van der Waals surface area contributed by atoms with Crippen LogP contribution < -0.4 is 5.32 Å². The number of para-hydroxylation sites is 1. The molecule has 2 aliphatic heterocycles. The number of carbonyl (C=O) groups is 1. The van der Waals surface area contributed by atoms with Gasteiger partial charge in [-0.1, -0.05) is 48.5 Å². The van der Waals surface area contributed by atoms with E-state index >= 15 is 0 Å². The monoisotopic (exact) mass is 432 g/mol. The molecule has 1 aromatic heterocycles. The van der Waals surface area contributed by atoms with Crippen molar-refractivity contribution in [2.75, 3.05) is 32.7 Å². The number of nitrogens with zero attached hydrogens (tertiary/aromatic N) is 2. The van der Waals surface area contributed by atoms with Crippen molar-refractivity contribution in [3.05, 3.63) is 71.4 Å². The highest BCUT2D eigenvalue weighted by Gasteiger charge is 2.26. The van der Waals surface area contributed by atoms with Crippen LogP contribution in [0.3, 0.4) is 0 Å². The van der Waals surface area contributed by atoms with Gasteiger partial charge in [-0.15, -0.1) is 0 Å². The number of benzene rings is 2. The highest BCUT2D eigenvalue weighted by Crippen LogP contribution is 2.28. The summed E-state index contributed by atoms with van der Waals surface area (Å²) in [5.41, 5.74) is 5.13. The van der Waals surface area contributed by atoms with Crippen molar-refractivity contribution < 1.29 is 9.90 Å². The third-order valence-corrected chi connectivity index (χ3v) is 6.90. The molecular weight excluding hydrogens is 400 g/mol. The number of carbonyl (C=O) groups excluding carboxylic acids is 1. The number of aliphatic hydroxyl groups excluding tert-OH is 1. The van der Waals surface area contributed by atoms with E-state index in [1.54, 1.807) is 0 Å². The van der Waals surface area contributed by atoms with Crippen molar-refractivity contribution in [3.8, 4) is 0 Å². The fourth-order valence-corrected chi connectivity index (χ4v) is 5.24. The van der Waals surface area contributed by atoms with Crippen LogP contribution in [0.5, 0.6) is 0 Å². The number of piperidine rings is 1. The van der Waals surface area contributed by atoms with E-state index in [0.717, 1.165) is 45.4 Å². The van der Waals surface area contributed by atoms with Gasteiger partial charge < -0.3 is 20.3 Å². The Hall–Kier alpha value is -2.83. The molecule has 6 nitrogen and oxygen atoms in total. The van der Waals surface area contributed by atoms with Gasteiger partial charge in [-0.05, 0) is 36.5 Å². The smallest absolute Gasteiger partial charge is 0.317 e. The highest BCUT2D eigenvalue weighted by atomic mass is 16.3. The number of fused-ring (bicyclic) bond motifs is 3. The minimum Gasteiger partial charge on any atom is -0.390 e. The molecule has 0 saturated carbocycles. The molecule has 3 aromatic rings. The van der Waals surface area contributed by atoms with Crippen molar-refractivity contribution in [2.24, 2.45) is 0 Å². The molecule has 2 aliphatic rings. The first kappa shape index (κ1) is 21.0. The molecule has 0 bridgehead atoms. The topological polar surface area (TPSA) is 71.6 Å². The van der Waals surface area contributed by atoms with Crippen LogP contribution in [0.1, 0.15) is 35.6 Å². The maximum atomic E-state index is 12.7. The highest BCUT2D eigenvalue weighted by molar-refractivity contribution is 5.84. The van der Waals surface area contributed by atoms with Gasteiger partial charge in [0.15, 0.2) is 0 Å². The Bertz CT molecular complexity index is 1060. The number of urea groups is 1. The lowest BCUT2D eigenvalue weighted by Crippen LogP contribution is -2.48. The van der Waals surface area contributed by atoms with Gasteiger partial charge in [0.1, 0.15) is 0 Å². The molecule has 1 saturated heterocycles. The van der Waals surface area contributed by atoms with Crippen molar-refractivity contribution in [1.82, 2.24) is 20.1 Å². The number of H-pyrrole nitrogens is 1. The second kappa shape index (κ2) is 9.35. The standard InChI is InChI=1S/C26H32N4O2/c31-21(17-29-14-12-23-22-10-4-5-11-24(22)28-25(23)18-29)15-27-26(32)30-13-6-9-20(16-30)19-7-2-1-3-8-19/h1-5,7-8,10-11,20-21,28,31H,6,9,12-18H2,(H,27,32). The van der Waals surface area contributed by atoms with E-state index in [1.165, 1.54) is 27.7 Å². The molecule has 168 valence electrons. The van der Waals surface area contributed by atoms with E-state index in [-0.39, 0.29) is 12.6 Å². The van der Waals surface area contributed by atoms with E-state index in [2.05, 4.69) is 63.7 Å². The van der Waals surface area contributed by atoms with Gasteiger partial charge in [0, 0.05) is 61.8 Å². The molecule has 2 atom stereocenters. The maximum absolute atomic E-state index is 12.7. The van der Waals surface area contributed by atoms with Crippen LogP contribution in [-0.4, -0.2) is 64.7 Å². The summed E-state index contributed by atoms with van der Waals surface area (Å²) in [6.07, 6.45) is 2.52. The van der Waals surface area contributed by atoms with E-state index in [9.17, 15) is 9.90 Å². The molecule has 32 heavy (non-hydrogen) atoms. The molecule has 3 N–H and O–H groups in total. The summed E-state index contributed by atoms with van der Waals surface area (Å²) in [4.78, 5) is 20.4. The van der Waals surface area contributed by atoms with Crippen molar-refractivity contribution in [1.29, 1.82) is 0 Å². The lowest BCUT2D eigenvalue weighted by molar-refractivity contribution is 0.102. The average Bonchev–Trinajstić information content (AvgIpc) is 3.21. The van der Waals surface area contributed by atoms with Crippen LogP contribution in [-0.2, 0) is 13.0 Å². The first-order valence-electron chi connectivity index (χ1n) is 11.7. The summed E-state index contributed by atoms with van der Waals surface area (Å²) in [5.74, 6) is 0.388. The zero-order valence-electron chi connectivity index (χ0n) is 18.5. The number of nitrogens with one attached hydrogen (secondary N) is 2. The number of likely N-dealkylation sites (tertiary alicyclic amines) is 1. The molecule has 6 heteroatoms. The van der Waals surface area contributed by atoms with Gasteiger partial charge >= 0.3 is 6.03 Å². The number of hydrogen-bond donors (Lipinski definition) is 3. The first-order chi connectivity index (χ1) is 15.7. The van der Waals surface area contributed by atoms with E-state index in [1.807, 2.05) is 11.0 Å². The Morgan fingerprint density at radius 2 is 1.94 bits per heavy atom. The van der Waals surface area contributed by atoms with Crippen LogP contribution in [0, 0.1) is 0 Å². The summed E-state index contributed by atoms with van der Waals surface area (Å²) in [7, 11) is 0. The number of rotatable bonds is 5. The first-order valence-corrected chi connectivity index (χ1v) is 11.7. The van der Waals surface area contributed by atoms with E-state index < -0.39 is 6.10 Å². The second-order valence-electron chi connectivity index (χ2n) is 9.15. The summed E-state index contributed by atoms with van der Waals surface area (Å²) >= 11 is 0. The number of aromatic amines is 1. The minimum absolute atomic E-state index is 0.0683. The molecule has 0 aliphatic carbocycles. The second-order valence-corrected chi connectivity index (χ2v) is 9.15. The largest absolute Gasteiger partial charge is 0.390 e. The Morgan fingerprint density at radius 3 is 2.81 bits per heavy atom. The van der Waals surface area contributed by atoms with Crippen LogP contribution in [0.2, 0.25) is 0 Å². The van der Waals surface area contributed by atoms with Crippen molar-refractivity contribution in [3.63, 3.8) is 0 Å². The Kier molecular flexibility index (Phi) is 6.14. The Labute approximate surface area is 189 Å². The van der Waals surface area contributed by atoms with Crippen molar-refractivity contribution >= 4 is 16.9 Å². The normalized spacial score (nSPS) is 20.2. The number of aromatic nitrogens is 1. The van der Waals surface area contributed by atoms with Gasteiger partial charge in [0.25, 0.3) is 0 Å². The predicted octanol–water partition coefficient (Wildman–Crippen LogP) is 3.48. The van der Waals surface area contributed by atoms with Crippen LogP contribution in [0.4, 0.5) is 4.79 Å². The van der Waals surface area contributed by atoms with Crippen LogP contribution >= 0.6 is 0 Å². The fraction of sp³-hybridized carbons (Fsp3) is 0.423. The van der Waals surface area contributed by atoms with Crippen LogP contribution in [0.25, 0.3) is 10.9 Å². The lowest BCUT2D eigenvalue weighted by Gasteiger charge is -2.33. The maximum Gasteiger partial charge on any atom is 0.317 e. The molecule has 1 fully saturated rings. The summed E-state index contributed by atoms with van der Waals surface area (Å²) < 4.78 is 0. The molecule has 3 heterocycles. The SMILES string of the molecule is O=C(NCC(O)CN1CCc2c([nH]c3ccccc23)C1)N1CCCC(c2ccccc2)C1. The van der Waals surface area contributed by atoms with Gasteiger partial charge in [-0.25, -0.2) is 4.79 Å². The third-order valence-electron chi connectivity index (χ3n) is 6.90. The van der Waals surface area contributed by atoms with Crippen LogP contribution in [0.15, 0.2) is 54.6 Å². The summed E-state index contributed by atoms with van der Waals surface area (Å²) in [6, 6.07) is 18.8. The Morgan fingerprint density at radius 1 is 1.12 bits per heavy atom. The molecule has 0 spiro atoms. The van der Waals surface area contributed by atoms with Gasteiger partial charge in [-0.3, -0.25) is 4.90 Å². The number of β-amino-alcohol motifs (C(OH)–C–C–N with tert-alkyl or cyclic N) is 1. The fourth-order valence-electron chi connectivity index (χ4n) is 5.24. The molecule has 2 amide bonds. The number of amides is 2. The van der Waals surface area contributed by atoms with Crippen molar-refractivity contribution in [2.45, 2.75) is 37.8 Å². The molecule has 2 unspecified atom stereocenters.